The summed E-state index contributed by atoms with van der Waals surface area (Å²) < 4.78 is 5.74. The summed E-state index contributed by atoms with van der Waals surface area (Å²) in [6.45, 7) is 5.13. The molecule has 2 nitrogen and oxygen atoms in total. The third-order valence-corrected chi connectivity index (χ3v) is 3.33. The standard InChI is InChI=1S/C17H29NO/c1-3-4-5-6-7-14-19-17-12-10-16(11-13-17)9-8-15(2)18/h10-13,15H,3-9,14,18H2,1-2H3/t15-/m0/s1. The molecule has 0 saturated heterocycles. The molecule has 1 rings (SSSR count). The Morgan fingerprint density at radius 1 is 1.05 bits per heavy atom. The van der Waals surface area contributed by atoms with Crippen molar-refractivity contribution in [2.75, 3.05) is 6.61 Å². The number of unbranched alkanes of at least 4 members (excludes halogenated alkanes) is 4. The van der Waals surface area contributed by atoms with Crippen molar-refractivity contribution in [3.05, 3.63) is 29.8 Å². The van der Waals surface area contributed by atoms with Crippen molar-refractivity contribution < 1.29 is 4.74 Å². The van der Waals surface area contributed by atoms with Crippen LogP contribution < -0.4 is 10.5 Å². The van der Waals surface area contributed by atoms with Crippen LogP contribution in [0.1, 0.15) is 57.9 Å². The first-order valence-electron chi connectivity index (χ1n) is 7.69. The Balaban J connectivity index is 2.17. The van der Waals surface area contributed by atoms with Gasteiger partial charge in [-0.1, -0.05) is 44.7 Å². The fourth-order valence-corrected chi connectivity index (χ4v) is 2.04. The Hall–Kier alpha value is -1.02. The molecule has 1 aromatic rings. The van der Waals surface area contributed by atoms with Gasteiger partial charge in [-0.15, -0.1) is 0 Å². The van der Waals surface area contributed by atoms with Crippen LogP contribution in [0.2, 0.25) is 0 Å². The zero-order chi connectivity index (χ0) is 13.9. The van der Waals surface area contributed by atoms with Gasteiger partial charge < -0.3 is 10.5 Å². The zero-order valence-corrected chi connectivity index (χ0v) is 12.5. The molecule has 0 amide bonds. The minimum absolute atomic E-state index is 0.277. The van der Waals surface area contributed by atoms with E-state index >= 15 is 0 Å². The van der Waals surface area contributed by atoms with Crippen molar-refractivity contribution in [2.45, 2.75) is 64.8 Å². The summed E-state index contributed by atoms with van der Waals surface area (Å²) in [5.41, 5.74) is 7.10. The van der Waals surface area contributed by atoms with E-state index in [2.05, 4.69) is 38.1 Å². The number of nitrogens with two attached hydrogens (primary N) is 1. The van der Waals surface area contributed by atoms with Crippen LogP contribution in [0.25, 0.3) is 0 Å². The molecule has 0 aliphatic carbocycles. The predicted octanol–water partition coefficient (Wildman–Crippen LogP) is 4.32. The largest absolute Gasteiger partial charge is 0.494 e. The third-order valence-electron chi connectivity index (χ3n) is 3.33. The number of ether oxygens (including phenoxy) is 1. The Kier molecular flexibility index (Phi) is 8.31. The van der Waals surface area contributed by atoms with Gasteiger partial charge in [-0.05, 0) is 43.9 Å². The Bertz CT molecular complexity index is 319. The van der Waals surface area contributed by atoms with Crippen LogP contribution in [0.4, 0.5) is 0 Å². The molecule has 2 heteroatoms. The van der Waals surface area contributed by atoms with Crippen molar-refractivity contribution in [1.82, 2.24) is 0 Å². The highest BCUT2D eigenvalue weighted by molar-refractivity contribution is 5.27. The molecule has 0 aliphatic rings. The number of benzene rings is 1. The summed E-state index contributed by atoms with van der Waals surface area (Å²) in [5, 5.41) is 0. The quantitative estimate of drug-likeness (QED) is 0.638. The van der Waals surface area contributed by atoms with Crippen molar-refractivity contribution >= 4 is 0 Å². The molecule has 0 aromatic heterocycles. The highest BCUT2D eigenvalue weighted by atomic mass is 16.5. The maximum Gasteiger partial charge on any atom is 0.119 e. The van der Waals surface area contributed by atoms with Crippen LogP contribution in [0.5, 0.6) is 5.75 Å². The molecule has 0 heterocycles. The normalized spacial score (nSPS) is 12.4. The number of aryl methyl sites for hydroxylation is 1. The van der Waals surface area contributed by atoms with Crippen molar-refractivity contribution in [1.29, 1.82) is 0 Å². The Labute approximate surface area is 118 Å². The minimum Gasteiger partial charge on any atom is -0.494 e. The number of hydrogen-bond acceptors (Lipinski definition) is 2. The predicted molar refractivity (Wildman–Crippen MR) is 82.7 cm³/mol. The average Bonchev–Trinajstić information content (AvgIpc) is 2.41. The van der Waals surface area contributed by atoms with Gasteiger partial charge in [0.25, 0.3) is 0 Å². The summed E-state index contributed by atoms with van der Waals surface area (Å²) in [6.07, 6.45) is 8.49. The van der Waals surface area contributed by atoms with Crippen molar-refractivity contribution in [2.24, 2.45) is 5.73 Å². The maximum absolute atomic E-state index is 5.76. The Morgan fingerprint density at radius 3 is 2.37 bits per heavy atom. The monoisotopic (exact) mass is 263 g/mol. The van der Waals surface area contributed by atoms with Crippen molar-refractivity contribution in [3.63, 3.8) is 0 Å². The molecule has 0 radical (unpaired) electrons. The van der Waals surface area contributed by atoms with E-state index in [1.54, 1.807) is 0 Å². The van der Waals surface area contributed by atoms with Gasteiger partial charge in [0, 0.05) is 6.04 Å². The smallest absolute Gasteiger partial charge is 0.119 e. The van der Waals surface area contributed by atoms with Crippen LogP contribution in [-0.4, -0.2) is 12.6 Å². The van der Waals surface area contributed by atoms with Crippen LogP contribution in [0, 0.1) is 0 Å². The summed E-state index contributed by atoms with van der Waals surface area (Å²) in [7, 11) is 0. The summed E-state index contributed by atoms with van der Waals surface area (Å²) in [5.74, 6) is 0.986. The first-order chi connectivity index (χ1) is 9.22. The van der Waals surface area contributed by atoms with Gasteiger partial charge in [0.1, 0.15) is 5.75 Å². The molecule has 2 N–H and O–H groups in total. The average molecular weight is 263 g/mol. The molecule has 1 atom stereocenters. The van der Waals surface area contributed by atoms with Gasteiger partial charge in [0.2, 0.25) is 0 Å². The summed E-state index contributed by atoms with van der Waals surface area (Å²) in [4.78, 5) is 0. The van der Waals surface area contributed by atoms with E-state index in [1.807, 2.05) is 0 Å². The topological polar surface area (TPSA) is 35.2 Å². The van der Waals surface area contributed by atoms with Gasteiger partial charge >= 0.3 is 0 Å². The lowest BCUT2D eigenvalue weighted by Crippen LogP contribution is -2.15. The molecule has 0 aliphatic heterocycles. The number of rotatable bonds is 10. The molecule has 0 spiro atoms. The Morgan fingerprint density at radius 2 is 1.74 bits per heavy atom. The number of hydrogen-bond donors (Lipinski definition) is 1. The molecule has 1 aromatic carbocycles. The summed E-state index contributed by atoms with van der Waals surface area (Å²) >= 11 is 0. The fraction of sp³-hybridized carbons (Fsp3) is 0.647. The molecule has 19 heavy (non-hydrogen) atoms. The van der Waals surface area contributed by atoms with Crippen LogP contribution in [0.3, 0.4) is 0 Å². The molecule has 0 fully saturated rings. The van der Waals surface area contributed by atoms with E-state index in [9.17, 15) is 0 Å². The summed E-state index contributed by atoms with van der Waals surface area (Å²) in [6, 6.07) is 8.72. The molecular weight excluding hydrogens is 234 g/mol. The third kappa shape index (κ3) is 7.89. The van der Waals surface area contributed by atoms with Gasteiger partial charge in [-0.2, -0.15) is 0 Å². The molecule has 0 bridgehead atoms. The van der Waals surface area contributed by atoms with Gasteiger partial charge in [0.05, 0.1) is 6.61 Å². The lowest BCUT2D eigenvalue weighted by atomic mass is 10.1. The SMILES string of the molecule is CCCCCCCOc1ccc(CC[C@H](C)N)cc1. The second-order valence-electron chi connectivity index (χ2n) is 5.42. The highest BCUT2D eigenvalue weighted by Gasteiger charge is 1.98. The van der Waals surface area contributed by atoms with E-state index in [0.717, 1.165) is 31.6 Å². The van der Waals surface area contributed by atoms with E-state index in [0.29, 0.717) is 0 Å². The van der Waals surface area contributed by atoms with Gasteiger partial charge in [-0.25, -0.2) is 0 Å². The van der Waals surface area contributed by atoms with Crippen LogP contribution >= 0.6 is 0 Å². The lowest BCUT2D eigenvalue weighted by molar-refractivity contribution is 0.304. The van der Waals surface area contributed by atoms with E-state index in [1.165, 1.54) is 31.2 Å². The fourth-order valence-electron chi connectivity index (χ4n) is 2.04. The van der Waals surface area contributed by atoms with E-state index in [4.69, 9.17) is 10.5 Å². The minimum atomic E-state index is 0.277. The second-order valence-corrected chi connectivity index (χ2v) is 5.42. The van der Waals surface area contributed by atoms with E-state index in [-0.39, 0.29) is 6.04 Å². The van der Waals surface area contributed by atoms with Gasteiger partial charge in [-0.3, -0.25) is 0 Å². The first kappa shape index (κ1) is 16.0. The molecule has 0 unspecified atom stereocenters. The molecule has 0 saturated carbocycles. The highest BCUT2D eigenvalue weighted by Crippen LogP contribution is 2.14. The van der Waals surface area contributed by atoms with Crippen LogP contribution in [-0.2, 0) is 6.42 Å². The van der Waals surface area contributed by atoms with Gasteiger partial charge in [0.15, 0.2) is 0 Å². The first-order valence-corrected chi connectivity index (χ1v) is 7.69. The zero-order valence-electron chi connectivity index (χ0n) is 12.5. The maximum atomic E-state index is 5.76. The van der Waals surface area contributed by atoms with Crippen molar-refractivity contribution in [3.8, 4) is 5.75 Å². The van der Waals surface area contributed by atoms with E-state index < -0.39 is 0 Å². The second kappa shape index (κ2) is 9.85. The molecular formula is C17H29NO. The molecule has 108 valence electrons. The van der Waals surface area contributed by atoms with Crippen LogP contribution in [0.15, 0.2) is 24.3 Å². The lowest BCUT2D eigenvalue weighted by Gasteiger charge is -2.08.